The van der Waals surface area contributed by atoms with Gasteiger partial charge in [0, 0.05) is 5.56 Å². The molecule has 0 aliphatic carbocycles. The average Bonchev–Trinajstić information content (AvgIpc) is 1.89. The Morgan fingerprint density at radius 2 is 2.33 bits per heavy atom. The van der Waals surface area contributed by atoms with Crippen molar-refractivity contribution in [2.45, 2.75) is 20.3 Å². The second-order valence-corrected chi connectivity index (χ2v) is 2.12. The van der Waals surface area contributed by atoms with E-state index in [1.807, 2.05) is 6.07 Å². The van der Waals surface area contributed by atoms with E-state index in [1.54, 1.807) is 0 Å². The SMILES string of the molecule is CCc1c#cccc1C. The van der Waals surface area contributed by atoms with Crippen molar-refractivity contribution in [3.63, 3.8) is 0 Å². The van der Waals surface area contributed by atoms with Gasteiger partial charge in [-0.15, -0.1) is 0 Å². The Morgan fingerprint density at radius 3 is 2.78 bits per heavy atom. The summed E-state index contributed by atoms with van der Waals surface area (Å²) in [7, 11) is 0. The molecule has 1 aromatic rings. The van der Waals surface area contributed by atoms with E-state index in [0.29, 0.717) is 0 Å². The molecule has 0 aromatic heterocycles. The van der Waals surface area contributed by atoms with Gasteiger partial charge < -0.3 is 0 Å². The van der Waals surface area contributed by atoms with Gasteiger partial charge in [0.25, 0.3) is 0 Å². The highest BCUT2D eigenvalue weighted by Crippen LogP contribution is 2.02. The van der Waals surface area contributed by atoms with Crippen LogP contribution in [0.2, 0.25) is 0 Å². The van der Waals surface area contributed by atoms with Crippen LogP contribution in [0.3, 0.4) is 0 Å². The number of rotatable bonds is 1. The largest absolute Gasteiger partial charge is 0.0699 e. The summed E-state index contributed by atoms with van der Waals surface area (Å²) in [4.78, 5) is 0. The van der Waals surface area contributed by atoms with Gasteiger partial charge in [0.2, 0.25) is 0 Å². The molecule has 0 aliphatic heterocycles. The second kappa shape index (κ2) is 2.55. The lowest BCUT2D eigenvalue weighted by Gasteiger charge is -1.93. The van der Waals surface area contributed by atoms with Crippen molar-refractivity contribution in [2.75, 3.05) is 0 Å². The molecular formula is C9H10. The van der Waals surface area contributed by atoms with Crippen LogP contribution in [0.5, 0.6) is 0 Å². The highest BCUT2D eigenvalue weighted by molar-refractivity contribution is 5.20. The minimum absolute atomic E-state index is 1.06. The van der Waals surface area contributed by atoms with E-state index in [-0.39, 0.29) is 0 Å². The molecular weight excluding hydrogens is 108 g/mol. The first-order chi connectivity index (χ1) is 4.34. The highest BCUT2D eigenvalue weighted by atomic mass is 13.9. The predicted octanol–water partition coefficient (Wildman–Crippen LogP) is 2.16. The number of aryl methyl sites for hydroxylation is 1. The maximum absolute atomic E-state index is 3.06. The zero-order chi connectivity index (χ0) is 6.69. The summed E-state index contributed by atoms with van der Waals surface area (Å²) < 4.78 is 0. The fourth-order valence-corrected chi connectivity index (χ4v) is 0.862. The van der Waals surface area contributed by atoms with E-state index in [2.05, 4.69) is 32.0 Å². The minimum Gasteiger partial charge on any atom is -0.0699 e. The highest BCUT2D eigenvalue weighted by Gasteiger charge is 1.88. The van der Waals surface area contributed by atoms with E-state index in [0.717, 1.165) is 6.42 Å². The molecule has 0 aliphatic rings. The maximum Gasteiger partial charge on any atom is 0.00505 e. The lowest BCUT2D eigenvalue weighted by molar-refractivity contribution is 1.11. The van der Waals surface area contributed by atoms with Crippen LogP contribution in [0.25, 0.3) is 0 Å². The fourth-order valence-electron chi connectivity index (χ4n) is 0.862. The molecule has 0 spiro atoms. The van der Waals surface area contributed by atoms with Crippen molar-refractivity contribution in [1.29, 1.82) is 0 Å². The molecule has 46 valence electrons. The van der Waals surface area contributed by atoms with Crippen molar-refractivity contribution in [2.24, 2.45) is 0 Å². The number of hydrogen-bond donors (Lipinski definition) is 0. The van der Waals surface area contributed by atoms with Gasteiger partial charge in [-0.25, -0.2) is 0 Å². The molecule has 0 atom stereocenters. The molecule has 0 fully saturated rings. The Morgan fingerprint density at radius 1 is 1.56 bits per heavy atom. The predicted molar refractivity (Wildman–Crippen MR) is 38.2 cm³/mol. The third kappa shape index (κ3) is 1.23. The molecule has 9 heavy (non-hydrogen) atoms. The van der Waals surface area contributed by atoms with Crippen LogP contribution in [-0.2, 0) is 6.42 Å². The Labute approximate surface area is 56.5 Å². The summed E-state index contributed by atoms with van der Waals surface area (Å²) in [6.07, 6.45) is 1.06. The Kier molecular flexibility index (Phi) is 1.75. The molecule has 1 rings (SSSR count). The fraction of sp³-hybridized carbons (Fsp3) is 0.333. The first-order valence-corrected chi connectivity index (χ1v) is 3.22. The van der Waals surface area contributed by atoms with E-state index in [1.165, 1.54) is 11.1 Å². The lowest BCUT2D eigenvalue weighted by Crippen LogP contribution is -1.80. The third-order valence-corrected chi connectivity index (χ3v) is 1.47. The minimum atomic E-state index is 1.06. The van der Waals surface area contributed by atoms with Crippen LogP contribution in [0.15, 0.2) is 12.1 Å². The van der Waals surface area contributed by atoms with Gasteiger partial charge in [-0.3, -0.25) is 0 Å². The zero-order valence-corrected chi connectivity index (χ0v) is 5.86. The van der Waals surface area contributed by atoms with Crippen molar-refractivity contribution >= 4 is 0 Å². The first-order valence-electron chi connectivity index (χ1n) is 3.22. The normalized spacial score (nSPS) is 8.67. The van der Waals surface area contributed by atoms with Crippen molar-refractivity contribution in [3.8, 4) is 0 Å². The van der Waals surface area contributed by atoms with Crippen LogP contribution in [-0.4, -0.2) is 0 Å². The zero-order valence-electron chi connectivity index (χ0n) is 5.86. The number of hydrogen-bond acceptors (Lipinski definition) is 0. The quantitative estimate of drug-likeness (QED) is 0.530. The second-order valence-electron chi connectivity index (χ2n) is 2.12. The molecule has 0 radical (unpaired) electrons. The Hall–Kier alpha value is -0.960. The third-order valence-electron chi connectivity index (χ3n) is 1.47. The molecule has 0 unspecified atom stereocenters. The Bertz CT molecular complexity index is 189. The van der Waals surface area contributed by atoms with Gasteiger partial charge in [-0.2, -0.15) is 0 Å². The first kappa shape index (κ1) is 6.16. The van der Waals surface area contributed by atoms with Crippen LogP contribution in [0, 0.1) is 19.1 Å². The molecule has 0 amide bonds. The van der Waals surface area contributed by atoms with Crippen LogP contribution < -0.4 is 0 Å². The lowest BCUT2D eigenvalue weighted by atomic mass is 10.1. The van der Waals surface area contributed by atoms with E-state index in [9.17, 15) is 0 Å². The van der Waals surface area contributed by atoms with Crippen molar-refractivity contribution < 1.29 is 0 Å². The van der Waals surface area contributed by atoms with E-state index >= 15 is 0 Å². The van der Waals surface area contributed by atoms with Gasteiger partial charge in [-0.05, 0) is 25.0 Å². The molecule has 0 N–H and O–H groups in total. The summed E-state index contributed by atoms with van der Waals surface area (Å²) in [6.45, 7) is 4.23. The van der Waals surface area contributed by atoms with E-state index < -0.39 is 0 Å². The van der Waals surface area contributed by atoms with Gasteiger partial charge in [0.05, 0.1) is 0 Å². The molecule has 0 saturated heterocycles. The summed E-state index contributed by atoms with van der Waals surface area (Å²) >= 11 is 0. The summed E-state index contributed by atoms with van der Waals surface area (Å²) in [6, 6.07) is 9.95. The van der Waals surface area contributed by atoms with Crippen molar-refractivity contribution in [3.05, 3.63) is 35.4 Å². The van der Waals surface area contributed by atoms with E-state index in [4.69, 9.17) is 0 Å². The topological polar surface area (TPSA) is 0 Å². The average molecular weight is 118 g/mol. The van der Waals surface area contributed by atoms with Gasteiger partial charge in [-0.1, -0.05) is 25.1 Å². The Balaban J connectivity index is 3.01. The van der Waals surface area contributed by atoms with Crippen molar-refractivity contribution in [1.82, 2.24) is 0 Å². The molecule has 1 aromatic carbocycles. The molecule has 0 saturated carbocycles. The molecule has 0 nitrogen and oxygen atoms in total. The molecule has 0 heteroatoms. The maximum atomic E-state index is 3.06. The molecule has 0 heterocycles. The van der Waals surface area contributed by atoms with Crippen LogP contribution >= 0.6 is 0 Å². The monoisotopic (exact) mass is 118 g/mol. The van der Waals surface area contributed by atoms with Gasteiger partial charge in [0.1, 0.15) is 0 Å². The smallest absolute Gasteiger partial charge is 0.00505 e. The van der Waals surface area contributed by atoms with Gasteiger partial charge >= 0.3 is 0 Å². The molecule has 0 bridgehead atoms. The summed E-state index contributed by atoms with van der Waals surface area (Å²) in [5, 5.41) is 0. The van der Waals surface area contributed by atoms with Gasteiger partial charge in [0.15, 0.2) is 0 Å². The summed E-state index contributed by atoms with van der Waals surface area (Å²) in [5.74, 6) is 0. The standard InChI is InChI=1S/C9H10/c1-3-9-7-5-4-6-8(9)2/h4,6H,3H2,1-2H3. The van der Waals surface area contributed by atoms with Crippen LogP contribution in [0.4, 0.5) is 0 Å². The van der Waals surface area contributed by atoms with Crippen LogP contribution in [0.1, 0.15) is 18.1 Å². The summed E-state index contributed by atoms with van der Waals surface area (Å²) in [5.41, 5.74) is 2.59.